The number of aliphatic hydroxyl groups is 1. The minimum Gasteiger partial charge on any atom is -0.492 e. The van der Waals surface area contributed by atoms with Gasteiger partial charge in [0.1, 0.15) is 30.3 Å². The van der Waals surface area contributed by atoms with Gasteiger partial charge in [-0.2, -0.15) is 0 Å². The first-order valence-electron chi connectivity index (χ1n) is 10.2. The Morgan fingerprint density at radius 3 is 2.70 bits per heavy atom. The van der Waals surface area contributed by atoms with Gasteiger partial charge in [0, 0.05) is 31.2 Å². The smallest absolute Gasteiger partial charge is 0.134 e. The van der Waals surface area contributed by atoms with Crippen LogP contribution in [0.2, 0.25) is 5.02 Å². The standard InChI is InChI=1S/C23H31ClN2O4/c1-25(2)10-13-29-22-5-3-4-19(14-22)15-26-11-12-28-17-23(27,16-26)18-30-21-8-6-20(24)7-9-21/h3-9,14,27H,10-13,15-18H2,1-2H3/t23-/m1/s1. The molecule has 0 spiro atoms. The Labute approximate surface area is 183 Å². The maximum atomic E-state index is 11.1. The van der Waals surface area contributed by atoms with Gasteiger partial charge in [-0.15, -0.1) is 0 Å². The van der Waals surface area contributed by atoms with Crippen molar-refractivity contribution in [2.75, 3.05) is 60.2 Å². The zero-order valence-corrected chi connectivity index (χ0v) is 18.5. The van der Waals surface area contributed by atoms with Crippen LogP contribution < -0.4 is 9.47 Å². The highest BCUT2D eigenvalue weighted by atomic mass is 35.5. The van der Waals surface area contributed by atoms with Crippen molar-refractivity contribution in [1.29, 1.82) is 0 Å². The first-order valence-corrected chi connectivity index (χ1v) is 10.6. The molecule has 0 bridgehead atoms. The number of hydrogen-bond donors (Lipinski definition) is 1. The molecule has 2 aromatic rings. The highest BCUT2D eigenvalue weighted by Gasteiger charge is 2.33. The molecule has 30 heavy (non-hydrogen) atoms. The van der Waals surface area contributed by atoms with Crippen molar-refractivity contribution < 1.29 is 19.3 Å². The van der Waals surface area contributed by atoms with E-state index in [9.17, 15) is 5.11 Å². The molecule has 2 aromatic carbocycles. The third-order valence-electron chi connectivity index (χ3n) is 4.87. The van der Waals surface area contributed by atoms with Gasteiger partial charge < -0.3 is 24.2 Å². The normalized spacial score (nSPS) is 20.2. The predicted molar refractivity (Wildman–Crippen MR) is 118 cm³/mol. The molecule has 6 nitrogen and oxygen atoms in total. The third kappa shape index (κ3) is 7.45. The molecule has 1 saturated heterocycles. The van der Waals surface area contributed by atoms with E-state index in [4.69, 9.17) is 25.8 Å². The van der Waals surface area contributed by atoms with Gasteiger partial charge in [0.15, 0.2) is 0 Å². The van der Waals surface area contributed by atoms with Crippen molar-refractivity contribution in [3.05, 3.63) is 59.1 Å². The summed E-state index contributed by atoms with van der Waals surface area (Å²) in [5, 5.41) is 11.7. The van der Waals surface area contributed by atoms with Crippen LogP contribution in [0.1, 0.15) is 5.56 Å². The van der Waals surface area contributed by atoms with Crippen LogP contribution in [0.5, 0.6) is 11.5 Å². The summed E-state index contributed by atoms with van der Waals surface area (Å²) >= 11 is 5.92. The fraction of sp³-hybridized carbons (Fsp3) is 0.478. The number of rotatable bonds is 9. The van der Waals surface area contributed by atoms with Crippen LogP contribution in [0, 0.1) is 0 Å². The van der Waals surface area contributed by atoms with Gasteiger partial charge in [0.2, 0.25) is 0 Å². The van der Waals surface area contributed by atoms with Crippen LogP contribution in [0.3, 0.4) is 0 Å². The lowest BCUT2D eigenvalue weighted by Gasteiger charge is -2.30. The van der Waals surface area contributed by atoms with Crippen molar-refractivity contribution in [3.63, 3.8) is 0 Å². The van der Waals surface area contributed by atoms with Crippen LogP contribution >= 0.6 is 11.6 Å². The summed E-state index contributed by atoms with van der Waals surface area (Å²) in [6.07, 6.45) is 0. The summed E-state index contributed by atoms with van der Waals surface area (Å²) < 4.78 is 17.3. The molecule has 0 amide bonds. The highest BCUT2D eigenvalue weighted by molar-refractivity contribution is 6.30. The van der Waals surface area contributed by atoms with Gasteiger partial charge in [-0.3, -0.25) is 4.90 Å². The number of halogens is 1. The Morgan fingerprint density at radius 1 is 1.13 bits per heavy atom. The minimum absolute atomic E-state index is 0.152. The van der Waals surface area contributed by atoms with E-state index >= 15 is 0 Å². The maximum Gasteiger partial charge on any atom is 0.134 e. The monoisotopic (exact) mass is 434 g/mol. The number of hydrogen-bond acceptors (Lipinski definition) is 6. The first-order chi connectivity index (χ1) is 14.4. The molecular weight excluding hydrogens is 404 g/mol. The molecule has 1 fully saturated rings. The largest absolute Gasteiger partial charge is 0.492 e. The molecule has 1 aliphatic rings. The SMILES string of the molecule is CN(C)CCOc1cccc(CN2CCOC[C@@](O)(COc3ccc(Cl)cc3)C2)c1. The Bertz CT molecular complexity index is 787. The number of likely N-dealkylation sites (N-methyl/N-ethyl adjacent to an activating group) is 1. The third-order valence-corrected chi connectivity index (χ3v) is 5.13. The van der Waals surface area contributed by atoms with Crippen molar-refractivity contribution >= 4 is 11.6 Å². The fourth-order valence-corrected chi connectivity index (χ4v) is 3.43. The topological polar surface area (TPSA) is 54.4 Å². The summed E-state index contributed by atoms with van der Waals surface area (Å²) in [5.41, 5.74) is 0.0518. The van der Waals surface area contributed by atoms with Gasteiger partial charge in [0.25, 0.3) is 0 Å². The summed E-state index contributed by atoms with van der Waals surface area (Å²) in [6.45, 7) is 4.40. The molecule has 0 saturated carbocycles. The van der Waals surface area contributed by atoms with E-state index in [2.05, 4.69) is 21.9 Å². The zero-order valence-electron chi connectivity index (χ0n) is 17.7. The number of benzene rings is 2. The lowest BCUT2D eigenvalue weighted by atomic mass is 10.1. The molecule has 1 heterocycles. The fourth-order valence-electron chi connectivity index (χ4n) is 3.31. The van der Waals surface area contributed by atoms with Crippen LogP contribution in [-0.4, -0.2) is 80.7 Å². The summed E-state index contributed by atoms with van der Waals surface area (Å²) in [7, 11) is 4.05. The zero-order chi connectivity index (χ0) is 21.4. The molecule has 0 unspecified atom stereocenters. The van der Waals surface area contributed by atoms with E-state index in [1.165, 1.54) is 0 Å². The van der Waals surface area contributed by atoms with E-state index in [0.717, 1.165) is 24.4 Å². The first kappa shape index (κ1) is 22.8. The highest BCUT2D eigenvalue weighted by Crippen LogP contribution is 2.21. The van der Waals surface area contributed by atoms with Crippen molar-refractivity contribution in [2.24, 2.45) is 0 Å². The molecule has 1 atom stereocenters. The summed E-state index contributed by atoms with van der Waals surface area (Å²) in [6, 6.07) is 15.2. The average molecular weight is 435 g/mol. The second-order valence-electron chi connectivity index (χ2n) is 8.03. The quantitative estimate of drug-likeness (QED) is 0.655. The molecule has 1 aliphatic heterocycles. The molecule has 0 aliphatic carbocycles. The van der Waals surface area contributed by atoms with Crippen LogP contribution in [-0.2, 0) is 11.3 Å². The van der Waals surface area contributed by atoms with Crippen LogP contribution in [0.4, 0.5) is 0 Å². The number of nitrogens with zero attached hydrogens (tertiary/aromatic N) is 2. The second kappa shape index (κ2) is 11.0. The Morgan fingerprint density at radius 2 is 1.93 bits per heavy atom. The van der Waals surface area contributed by atoms with E-state index in [1.54, 1.807) is 24.3 Å². The predicted octanol–water partition coefficient (Wildman–Crippen LogP) is 2.92. The van der Waals surface area contributed by atoms with Gasteiger partial charge in [-0.25, -0.2) is 0 Å². The van der Waals surface area contributed by atoms with Gasteiger partial charge >= 0.3 is 0 Å². The minimum atomic E-state index is -1.09. The lowest BCUT2D eigenvalue weighted by molar-refractivity contribution is -0.0646. The maximum absolute atomic E-state index is 11.1. The number of ether oxygens (including phenoxy) is 3. The molecule has 164 valence electrons. The molecule has 1 N–H and O–H groups in total. The number of β-amino-alcohol motifs (C(OH)–C–C–N with tert-alkyl or cyclic N) is 1. The molecule has 0 aromatic heterocycles. The second-order valence-corrected chi connectivity index (χ2v) is 8.47. The Hall–Kier alpha value is -1.83. The molecule has 7 heteroatoms. The van der Waals surface area contributed by atoms with E-state index in [0.29, 0.717) is 37.1 Å². The summed E-state index contributed by atoms with van der Waals surface area (Å²) in [4.78, 5) is 4.28. The summed E-state index contributed by atoms with van der Waals surface area (Å²) in [5.74, 6) is 1.54. The van der Waals surface area contributed by atoms with E-state index in [1.807, 2.05) is 26.2 Å². The van der Waals surface area contributed by atoms with Gasteiger partial charge in [0.05, 0.1) is 13.2 Å². The van der Waals surface area contributed by atoms with Gasteiger partial charge in [-0.1, -0.05) is 23.7 Å². The van der Waals surface area contributed by atoms with E-state index < -0.39 is 5.60 Å². The van der Waals surface area contributed by atoms with Crippen molar-refractivity contribution in [2.45, 2.75) is 12.1 Å². The van der Waals surface area contributed by atoms with E-state index in [-0.39, 0.29) is 13.2 Å². The Balaban J connectivity index is 1.57. The molecule has 3 rings (SSSR count). The van der Waals surface area contributed by atoms with Crippen LogP contribution in [0.15, 0.2) is 48.5 Å². The molecular formula is C23H31ClN2O4. The Kier molecular flexibility index (Phi) is 8.36. The average Bonchev–Trinajstić information content (AvgIpc) is 2.89. The van der Waals surface area contributed by atoms with Crippen LogP contribution in [0.25, 0.3) is 0 Å². The van der Waals surface area contributed by atoms with Crippen molar-refractivity contribution in [1.82, 2.24) is 9.80 Å². The lowest BCUT2D eigenvalue weighted by Crippen LogP contribution is -2.48. The molecule has 0 radical (unpaired) electrons. The van der Waals surface area contributed by atoms with Gasteiger partial charge in [-0.05, 0) is 56.1 Å². The van der Waals surface area contributed by atoms with Crippen molar-refractivity contribution in [3.8, 4) is 11.5 Å².